The number of anilines is 1. The van der Waals surface area contributed by atoms with Gasteiger partial charge in [0.25, 0.3) is 0 Å². The highest BCUT2D eigenvalue weighted by molar-refractivity contribution is 9.10. The molecule has 1 aliphatic heterocycles. The molecule has 0 radical (unpaired) electrons. The van der Waals surface area contributed by atoms with Crippen LogP contribution in [0.4, 0.5) is 5.82 Å². The lowest BCUT2D eigenvalue weighted by Crippen LogP contribution is -2.40. The standard InChI is InChI=1S/C16H18BrN3O/c17-14-3-1-2-13(10-14)16(4-8-21-9-5-16)12-20-15-11-18-6-7-19-15/h1-3,6-7,10-11H,4-5,8-9,12H2,(H,19,20). The molecule has 110 valence electrons. The first-order valence-corrected chi connectivity index (χ1v) is 7.92. The van der Waals surface area contributed by atoms with Crippen LogP contribution < -0.4 is 5.32 Å². The van der Waals surface area contributed by atoms with Crippen LogP contribution in [0.2, 0.25) is 0 Å². The lowest BCUT2D eigenvalue weighted by molar-refractivity contribution is 0.0543. The van der Waals surface area contributed by atoms with Crippen LogP contribution in [-0.4, -0.2) is 29.7 Å². The lowest BCUT2D eigenvalue weighted by atomic mass is 9.74. The summed E-state index contributed by atoms with van der Waals surface area (Å²) >= 11 is 3.57. The number of rotatable bonds is 4. The third-order valence-corrected chi connectivity index (χ3v) is 4.55. The Bertz CT molecular complexity index is 585. The molecule has 2 heterocycles. The second kappa shape index (κ2) is 6.54. The number of hydrogen-bond donors (Lipinski definition) is 1. The van der Waals surface area contributed by atoms with Gasteiger partial charge in [-0.3, -0.25) is 4.98 Å². The zero-order valence-corrected chi connectivity index (χ0v) is 13.3. The summed E-state index contributed by atoms with van der Waals surface area (Å²) in [7, 11) is 0. The minimum Gasteiger partial charge on any atom is -0.381 e. The molecule has 5 heteroatoms. The third kappa shape index (κ3) is 3.41. The van der Waals surface area contributed by atoms with Gasteiger partial charge < -0.3 is 10.1 Å². The van der Waals surface area contributed by atoms with Crippen molar-refractivity contribution >= 4 is 21.7 Å². The monoisotopic (exact) mass is 347 g/mol. The van der Waals surface area contributed by atoms with Gasteiger partial charge in [-0.2, -0.15) is 0 Å². The van der Waals surface area contributed by atoms with Crippen molar-refractivity contribution in [2.45, 2.75) is 18.3 Å². The SMILES string of the molecule is Brc1cccc(C2(CNc3cnccn3)CCOCC2)c1. The van der Waals surface area contributed by atoms with Gasteiger partial charge in [0.1, 0.15) is 5.82 Å². The van der Waals surface area contributed by atoms with Crippen LogP contribution in [0.3, 0.4) is 0 Å². The van der Waals surface area contributed by atoms with Gasteiger partial charge in [0.15, 0.2) is 0 Å². The van der Waals surface area contributed by atoms with Gasteiger partial charge in [-0.15, -0.1) is 0 Å². The van der Waals surface area contributed by atoms with Crippen LogP contribution in [0, 0.1) is 0 Å². The highest BCUT2D eigenvalue weighted by atomic mass is 79.9. The lowest BCUT2D eigenvalue weighted by Gasteiger charge is -2.38. The fourth-order valence-electron chi connectivity index (χ4n) is 2.80. The highest BCUT2D eigenvalue weighted by Gasteiger charge is 2.34. The number of benzene rings is 1. The minimum absolute atomic E-state index is 0.0829. The molecule has 0 saturated carbocycles. The van der Waals surface area contributed by atoms with Gasteiger partial charge >= 0.3 is 0 Å². The molecule has 0 amide bonds. The molecule has 0 bridgehead atoms. The summed E-state index contributed by atoms with van der Waals surface area (Å²) in [5.74, 6) is 0.818. The van der Waals surface area contributed by atoms with Crippen molar-refractivity contribution in [1.29, 1.82) is 0 Å². The van der Waals surface area contributed by atoms with Gasteiger partial charge in [-0.05, 0) is 30.5 Å². The Hall–Kier alpha value is -1.46. The van der Waals surface area contributed by atoms with Crippen molar-refractivity contribution in [3.05, 3.63) is 52.9 Å². The number of halogens is 1. The van der Waals surface area contributed by atoms with Crippen molar-refractivity contribution in [3.8, 4) is 0 Å². The van der Waals surface area contributed by atoms with Gasteiger partial charge in [0.2, 0.25) is 0 Å². The molecule has 1 aromatic heterocycles. The fourth-order valence-corrected chi connectivity index (χ4v) is 3.20. The van der Waals surface area contributed by atoms with E-state index in [1.807, 2.05) is 0 Å². The van der Waals surface area contributed by atoms with E-state index in [0.717, 1.165) is 42.9 Å². The second-order valence-electron chi connectivity index (χ2n) is 5.35. The van der Waals surface area contributed by atoms with E-state index in [2.05, 4.69) is 55.5 Å². The number of hydrogen-bond acceptors (Lipinski definition) is 4. The summed E-state index contributed by atoms with van der Waals surface area (Å²) in [4.78, 5) is 8.39. The number of aromatic nitrogens is 2. The molecule has 0 aliphatic carbocycles. The van der Waals surface area contributed by atoms with Crippen LogP contribution in [0.25, 0.3) is 0 Å². The van der Waals surface area contributed by atoms with Crippen LogP contribution >= 0.6 is 15.9 Å². The molecular weight excluding hydrogens is 330 g/mol. The molecule has 21 heavy (non-hydrogen) atoms. The maximum atomic E-state index is 5.56. The summed E-state index contributed by atoms with van der Waals surface area (Å²) in [5.41, 5.74) is 1.43. The van der Waals surface area contributed by atoms with Gasteiger partial charge in [-0.1, -0.05) is 28.1 Å². The summed E-state index contributed by atoms with van der Waals surface area (Å²) in [6.07, 6.45) is 7.17. The van der Waals surface area contributed by atoms with Crippen molar-refractivity contribution in [1.82, 2.24) is 9.97 Å². The van der Waals surface area contributed by atoms with E-state index in [-0.39, 0.29) is 5.41 Å². The number of nitrogens with one attached hydrogen (secondary N) is 1. The van der Waals surface area contributed by atoms with Crippen molar-refractivity contribution in [3.63, 3.8) is 0 Å². The van der Waals surface area contributed by atoms with E-state index < -0.39 is 0 Å². The summed E-state index contributed by atoms with van der Waals surface area (Å²) in [6, 6.07) is 8.57. The van der Waals surface area contributed by atoms with E-state index in [1.54, 1.807) is 18.6 Å². The zero-order valence-electron chi connectivity index (χ0n) is 11.8. The summed E-state index contributed by atoms with van der Waals surface area (Å²) in [6.45, 7) is 2.44. The Morgan fingerprint density at radius 3 is 2.81 bits per heavy atom. The maximum absolute atomic E-state index is 5.56. The van der Waals surface area contributed by atoms with E-state index >= 15 is 0 Å². The van der Waals surface area contributed by atoms with Crippen molar-refractivity contribution < 1.29 is 4.74 Å². The summed E-state index contributed by atoms with van der Waals surface area (Å²) < 4.78 is 6.68. The Morgan fingerprint density at radius 1 is 1.24 bits per heavy atom. The van der Waals surface area contributed by atoms with Crippen LogP contribution in [0.5, 0.6) is 0 Å². The summed E-state index contributed by atoms with van der Waals surface area (Å²) in [5, 5.41) is 3.43. The second-order valence-corrected chi connectivity index (χ2v) is 6.26. The van der Waals surface area contributed by atoms with Crippen molar-refractivity contribution in [2.75, 3.05) is 25.1 Å². The van der Waals surface area contributed by atoms with Crippen LogP contribution in [-0.2, 0) is 10.2 Å². The highest BCUT2D eigenvalue weighted by Crippen LogP contribution is 2.36. The van der Waals surface area contributed by atoms with Crippen LogP contribution in [0.15, 0.2) is 47.3 Å². The predicted octanol–water partition coefficient (Wildman–Crippen LogP) is 3.40. The average molecular weight is 348 g/mol. The first kappa shape index (κ1) is 14.5. The molecule has 2 aromatic rings. The normalized spacial score (nSPS) is 17.4. The molecule has 4 nitrogen and oxygen atoms in total. The molecule has 1 aliphatic rings. The molecule has 3 rings (SSSR count). The zero-order chi connectivity index (χ0) is 14.5. The Labute approximate surface area is 133 Å². The molecular formula is C16H18BrN3O. The smallest absolute Gasteiger partial charge is 0.144 e. The Kier molecular flexibility index (Phi) is 4.51. The molecule has 1 N–H and O–H groups in total. The minimum atomic E-state index is 0.0829. The van der Waals surface area contributed by atoms with E-state index in [9.17, 15) is 0 Å². The first-order valence-electron chi connectivity index (χ1n) is 7.12. The number of nitrogens with zero attached hydrogens (tertiary/aromatic N) is 2. The predicted molar refractivity (Wildman–Crippen MR) is 86.4 cm³/mol. The number of ether oxygens (including phenoxy) is 1. The largest absolute Gasteiger partial charge is 0.381 e. The van der Waals surface area contributed by atoms with E-state index in [1.165, 1.54) is 5.56 Å². The van der Waals surface area contributed by atoms with E-state index in [0.29, 0.717) is 0 Å². The first-order chi connectivity index (χ1) is 10.3. The maximum Gasteiger partial charge on any atom is 0.144 e. The topological polar surface area (TPSA) is 47.0 Å². The van der Waals surface area contributed by atoms with E-state index in [4.69, 9.17) is 4.74 Å². The quantitative estimate of drug-likeness (QED) is 0.920. The Morgan fingerprint density at radius 2 is 2.10 bits per heavy atom. The average Bonchev–Trinajstić information content (AvgIpc) is 2.55. The molecule has 1 fully saturated rings. The Balaban J connectivity index is 1.83. The van der Waals surface area contributed by atoms with Gasteiger partial charge in [-0.25, -0.2) is 4.98 Å². The fraction of sp³-hybridized carbons (Fsp3) is 0.375. The molecule has 0 spiro atoms. The van der Waals surface area contributed by atoms with Crippen molar-refractivity contribution in [2.24, 2.45) is 0 Å². The molecule has 1 aromatic carbocycles. The van der Waals surface area contributed by atoms with Gasteiger partial charge in [0.05, 0.1) is 6.20 Å². The molecule has 0 atom stereocenters. The van der Waals surface area contributed by atoms with Gasteiger partial charge in [0, 0.05) is 42.0 Å². The molecule has 0 unspecified atom stereocenters. The van der Waals surface area contributed by atoms with Crippen LogP contribution in [0.1, 0.15) is 18.4 Å². The molecule has 1 saturated heterocycles. The third-order valence-electron chi connectivity index (χ3n) is 4.06.